The van der Waals surface area contributed by atoms with Crippen LogP contribution in [0.2, 0.25) is 0 Å². The molecule has 0 aliphatic carbocycles. The Morgan fingerprint density at radius 3 is 2.24 bits per heavy atom. The summed E-state index contributed by atoms with van der Waals surface area (Å²) in [5.74, 6) is -0.452. The number of unbranched alkanes of at least 4 members (excludes halogenated alkanes) is 11. The predicted octanol–water partition coefficient (Wildman–Crippen LogP) is 6.34. The molecule has 6 nitrogen and oxygen atoms in total. The molecule has 0 saturated carbocycles. The molecule has 4 atom stereocenters. The first-order chi connectivity index (χ1) is 16.6. The molecular formula is C28H49NO5. The molecule has 0 spiro atoms. The van der Waals surface area contributed by atoms with Crippen LogP contribution >= 0.6 is 0 Å². The van der Waals surface area contributed by atoms with Gasteiger partial charge in [-0.15, -0.1) is 0 Å². The normalized spacial score (nSPS) is 22.8. The largest absolute Gasteiger partial charge is 0.461 e. The van der Waals surface area contributed by atoms with E-state index < -0.39 is 6.04 Å². The van der Waals surface area contributed by atoms with Gasteiger partial charge in [-0.3, -0.25) is 9.59 Å². The van der Waals surface area contributed by atoms with Gasteiger partial charge in [0.05, 0.1) is 5.92 Å². The quantitative estimate of drug-likeness (QED) is 0.116. The highest BCUT2D eigenvalue weighted by molar-refractivity contribution is 5.79. The Bertz CT molecular complexity index is 595. The highest BCUT2D eigenvalue weighted by Gasteiger charge is 2.43. The van der Waals surface area contributed by atoms with Crippen molar-refractivity contribution in [2.45, 2.75) is 148 Å². The third-order valence-electron chi connectivity index (χ3n) is 7.50. The van der Waals surface area contributed by atoms with Crippen molar-refractivity contribution in [3.63, 3.8) is 0 Å². The number of esters is 2. The summed E-state index contributed by atoms with van der Waals surface area (Å²) >= 11 is 0. The van der Waals surface area contributed by atoms with Crippen molar-refractivity contribution in [3.05, 3.63) is 0 Å². The van der Waals surface area contributed by atoms with Crippen LogP contribution < -0.4 is 0 Å². The van der Waals surface area contributed by atoms with Crippen molar-refractivity contribution in [2.24, 2.45) is 5.92 Å². The lowest BCUT2D eigenvalue weighted by molar-refractivity contribution is -0.190. The number of nitrogens with zero attached hydrogens (tertiary/aromatic N) is 1. The molecule has 0 aromatic heterocycles. The van der Waals surface area contributed by atoms with E-state index in [-0.39, 0.29) is 30.1 Å². The van der Waals surface area contributed by atoms with E-state index in [1.54, 1.807) is 4.90 Å². The van der Waals surface area contributed by atoms with E-state index in [2.05, 4.69) is 13.8 Å². The minimum Gasteiger partial charge on any atom is -0.461 e. The molecule has 34 heavy (non-hydrogen) atoms. The maximum Gasteiger partial charge on any atom is 0.329 e. The van der Waals surface area contributed by atoms with Gasteiger partial charge in [0.2, 0.25) is 6.41 Å². The van der Waals surface area contributed by atoms with Gasteiger partial charge in [-0.05, 0) is 32.1 Å². The molecule has 2 aliphatic heterocycles. The number of likely N-dealkylation sites (tertiary alicyclic amines) is 1. The second-order valence-electron chi connectivity index (χ2n) is 10.3. The summed E-state index contributed by atoms with van der Waals surface area (Å²) in [6.07, 6.45) is 19.9. The van der Waals surface area contributed by atoms with Crippen molar-refractivity contribution >= 4 is 18.3 Å². The highest BCUT2D eigenvalue weighted by Crippen LogP contribution is 2.33. The summed E-state index contributed by atoms with van der Waals surface area (Å²) in [5, 5.41) is 0. The Hall–Kier alpha value is -1.59. The number of cyclic esters (lactones) is 1. The lowest BCUT2D eigenvalue weighted by Crippen LogP contribution is -2.47. The molecule has 196 valence electrons. The molecule has 2 saturated heterocycles. The Morgan fingerprint density at radius 2 is 1.62 bits per heavy atom. The van der Waals surface area contributed by atoms with Gasteiger partial charge in [-0.2, -0.15) is 0 Å². The van der Waals surface area contributed by atoms with Crippen LogP contribution in [0.15, 0.2) is 0 Å². The minimum atomic E-state index is -0.461. The molecule has 0 aromatic rings. The van der Waals surface area contributed by atoms with Gasteiger partial charge in [-0.25, -0.2) is 4.79 Å². The van der Waals surface area contributed by atoms with Crippen LogP contribution in [0, 0.1) is 5.92 Å². The van der Waals surface area contributed by atoms with Crippen LogP contribution in [-0.2, 0) is 23.9 Å². The van der Waals surface area contributed by atoms with E-state index in [0.717, 1.165) is 51.4 Å². The minimum absolute atomic E-state index is 0.0564. The zero-order valence-corrected chi connectivity index (χ0v) is 21.8. The maximum absolute atomic E-state index is 12.8. The second kappa shape index (κ2) is 16.9. The number of carbonyl (C=O) groups is 3. The van der Waals surface area contributed by atoms with Crippen LogP contribution in [0.5, 0.6) is 0 Å². The molecule has 0 unspecified atom stereocenters. The molecular weight excluding hydrogens is 430 g/mol. The van der Waals surface area contributed by atoms with Gasteiger partial charge < -0.3 is 14.4 Å². The Morgan fingerprint density at radius 1 is 1.00 bits per heavy atom. The number of carbonyl (C=O) groups excluding carboxylic acids is 3. The fourth-order valence-corrected chi connectivity index (χ4v) is 5.28. The van der Waals surface area contributed by atoms with Crippen LogP contribution in [-0.4, -0.2) is 48.0 Å². The summed E-state index contributed by atoms with van der Waals surface area (Å²) in [5.41, 5.74) is 0. The summed E-state index contributed by atoms with van der Waals surface area (Å²) in [7, 11) is 0. The average Bonchev–Trinajstić information content (AvgIpc) is 3.31. The van der Waals surface area contributed by atoms with E-state index in [9.17, 15) is 14.4 Å². The summed E-state index contributed by atoms with van der Waals surface area (Å²) < 4.78 is 11.4. The van der Waals surface area contributed by atoms with E-state index in [4.69, 9.17) is 9.47 Å². The fraction of sp³-hybridized carbons (Fsp3) is 0.893. The fourth-order valence-electron chi connectivity index (χ4n) is 5.28. The summed E-state index contributed by atoms with van der Waals surface area (Å²) in [6, 6.07) is -0.461. The monoisotopic (exact) mass is 479 g/mol. The zero-order valence-electron chi connectivity index (χ0n) is 21.8. The Kier molecular flexibility index (Phi) is 14.3. The van der Waals surface area contributed by atoms with Gasteiger partial charge in [0, 0.05) is 13.0 Å². The number of rotatable bonds is 20. The van der Waals surface area contributed by atoms with E-state index in [1.807, 2.05) is 0 Å². The van der Waals surface area contributed by atoms with E-state index in [1.165, 1.54) is 57.8 Å². The lowest BCUT2D eigenvalue weighted by atomic mass is 9.86. The van der Waals surface area contributed by atoms with Crippen molar-refractivity contribution in [3.8, 4) is 0 Å². The molecule has 0 bridgehead atoms. The zero-order chi connectivity index (χ0) is 24.6. The van der Waals surface area contributed by atoms with E-state index >= 15 is 0 Å². The van der Waals surface area contributed by atoms with Crippen LogP contribution in [0.25, 0.3) is 0 Å². The summed E-state index contributed by atoms with van der Waals surface area (Å²) in [6.45, 7) is 5.04. The number of hydrogen-bond acceptors (Lipinski definition) is 5. The van der Waals surface area contributed by atoms with Crippen molar-refractivity contribution < 1.29 is 23.9 Å². The molecule has 2 aliphatic rings. The van der Waals surface area contributed by atoms with Gasteiger partial charge in [0.1, 0.15) is 18.2 Å². The average molecular weight is 480 g/mol. The first kappa shape index (κ1) is 28.6. The third-order valence-corrected chi connectivity index (χ3v) is 7.50. The molecule has 0 aromatic carbocycles. The molecule has 1 amide bonds. The molecule has 0 N–H and O–H groups in total. The second-order valence-corrected chi connectivity index (χ2v) is 10.3. The van der Waals surface area contributed by atoms with Gasteiger partial charge in [-0.1, -0.05) is 90.9 Å². The highest BCUT2D eigenvalue weighted by atomic mass is 16.6. The number of hydrogen-bond donors (Lipinski definition) is 0. The molecule has 2 rings (SSSR count). The lowest BCUT2D eigenvalue weighted by Gasteiger charge is -2.37. The maximum atomic E-state index is 12.8. The van der Waals surface area contributed by atoms with Crippen LogP contribution in [0.4, 0.5) is 0 Å². The topological polar surface area (TPSA) is 72.9 Å². The number of ether oxygens (including phenoxy) is 2. The van der Waals surface area contributed by atoms with Gasteiger partial charge in [0.25, 0.3) is 0 Å². The SMILES string of the molecule is CCCCCCCCCCC[C@@H](C[C@@H]1OC(=O)[C@H]1CCCCCC)OC(=O)[C@H]1CCCN1C=O. The van der Waals surface area contributed by atoms with Crippen molar-refractivity contribution in [2.75, 3.05) is 6.54 Å². The van der Waals surface area contributed by atoms with Crippen LogP contribution in [0.1, 0.15) is 129 Å². The molecule has 2 heterocycles. The standard InChI is InChI=1S/C28H49NO5/c1-3-5-7-9-10-11-12-13-14-17-23(33-28(32)25-19-16-20-29(25)22-30)21-26-24(27(31)34-26)18-15-8-6-4-2/h22-26H,3-21H2,1-2H3/t23-,24-,25+,26-/m0/s1. The predicted molar refractivity (Wildman–Crippen MR) is 134 cm³/mol. The van der Waals surface area contributed by atoms with Gasteiger partial charge >= 0.3 is 11.9 Å². The van der Waals surface area contributed by atoms with Crippen molar-refractivity contribution in [1.29, 1.82) is 0 Å². The first-order valence-corrected chi connectivity index (χ1v) is 14.2. The number of amides is 1. The molecule has 2 fully saturated rings. The van der Waals surface area contributed by atoms with Gasteiger partial charge in [0.15, 0.2) is 0 Å². The third kappa shape index (κ3) is 9.95. The molecule has 6 heteroatoms. The first-order valence-electron chi connectivity index (χ1n) is 14.2. The van der Waals surface area contributed by atoms with Crippen molar-refractivity contribution in [1.82, 2.24) is 4.90 Å². The Balaban J connectivity index is 1.80. The Labute approximate surface area is 207 Å². The van der Waals surface area contributed by atoms with E-state index in [0.29, 0.717) is 19.4 Å². The summed E-state index contributed by atoms with van der Waals surface area (Å²) in [4.78, 5) is 37.7. The van der Waals surface area contributed by atoms with Crippen LogP contribution in [0.3, 0.4) is 0 Å². The smallest absolute Gasteiger partial charge is 0.329 e. The molecule has 0 radical (unpaired) electrons.